The van der Waals surface area contributed by atoms with Crippen LogP contribution < -0.4 is 0 Å². The summed E-state index contributed by atoms with van der Waals surface area (Å²) in [6.07, 6.45) is 0. The summed E-state index contributed by atoms with van der Waals surface area (Å²) in [6.45, 7) is 0. The van der Waals surface area contributed by atoms with Crippen LogP contribution in [0.2, 0.25) is 0 Å². The number of thiophene rings is 1. The molecule has 0 unspecified atom stereocenters. The zero-order chi connectivity index (χ0) is 42.1. The average molecular weight is 833 g/mol. The van der Waals surface area contributed by atoms with E-state index < -0.39 is 0 Å². The van der Waals surface area contributed by atoms with Crippen molar-refractivity contribution in [1.29, 1.82) is 0 Å². The standard InChI is InChI=1S/C59H36N4S/c1-3-15-37(16-4-1)38-27-29-39(30-28-38)49-36-51(44-21-9-10-24-48(44)56(49)63-52-25-13-11-22-45(52)50-33-41-19-7-8-20-42(41)34-53(50)63)59-61-57(40-17-5-2-6-18-40)60-58(62-59)43-31-32-47-46-23-12-14-26-54(46)64-55(47)35-43/h1-36H. The van der Waals surface area contributed by atoms with Crippen LogP contribution in [0.5, 0.6) is 0 Å². The Hall–Kier alpha value is -8.25. The first-order valence-electron chi connectivity index (χ1n) is 21.6. The van der Waals surface area contributed by atoms with Crippen LogP contribution in [0, 0.1) is 0 Å². The van der Waals surface area contributed by atoms with Gasteiger partial charge in [-0.15, -0.1) is 11.3 Å². The molecule has 13 aromatic rings. The van der Waals surface area contributed by atoms with E-state index in [1.165, 1.54) is 52.8 Å². The Morgan fingerprint density at radius 1 is 0.297 bits per heavy atom. The van der Waals surface area contributed by atoms with Crippen LogP contribution in [0.4, 0.5) is 0 Å². The van der Waals surface area contributed by atoms with Crippen molar-refractivity contribution >= 4 is 74.9 Å². The molecule has 0 aliphatic heterocycles. The molecule has 298 valence electrons. The van der Waals surface area contributed by atoms with Crippen molar-refractivity contribution in [2.75, 3.05) is 0 Å². The monoisotopic (exact) mass is 832 g/mol. The number of nitrogens with zero attached hydrogens (tertiary/aromatic N) is 4. The van der Waals surface area contributed by atoms with Crippen LogP contribution in [0.25, 0.3) is 126 Å². The summed E-state index contributed by atoms with van der Waals surface area (Å²) in [6, 6.07) is 78.3. The maximum atomic E-state index is 5.40. The van der Waals surface area contributed by atoms with Crippen LogP contribution >= 0.6 is 11.3 Å². The first-order chi connectivity index (χ1) is 31.7. The molecule has 0 saturated carbocycles. The van der Waals surface area contributed by atoms with Crippen molar-refractivity contribution in [1.82, 2.24) is 19.5 Å². The Balaban J connectivity index is 1.11. The molecule has 0 amide bonds. The van der Waals surface area contributed by atoms with E-state index in [0.29, 0.717) is 17.5 Å². The van der Waals surface area contributed by atoms with Gasteiger partial charge < -0.3 is 4.57 Å². The molecule has 0 bridgehead atoms. The lowest BCUT2D eigenvalue weighted by molar-refractivity contribution is 1.08. The Labute approximate surface area is 373 Å². The normalized spacial score (nSPS) is 11.8. The average Bonchev–Trinajstić information content (AvgIpc) is 3.90. The zero-order valence-corrected chi connectivity index (χ0v) is 35.3. The fourth-order valence-electron chi connectivity index (χ4n) is 9.58. The van der Waals surface area contributed by atoms with E-state index in [1.54, 1.807) is 11.3 Å². The lowest BCUT2D eigenvalue weighted by atomic mass is 9.92. The number of para-hydroxylation sites is 1. The quantitative estimate of drug-likeness (QED) is 0.168. The maximum Gasteiger partial charge on any atom is 0.164 e. The Bertz CT molecular complexity index is 3940. The highest BCUT2D eigenvalue weighted by atomic mass is 32.1. The molecule has 64 heavy (non-hydrogen) atoms. The third kappa shape index (κ3) is 5.93. The molecule has 0 N–H and O–H groups in total. The number of hydrogen-bond donors (Lipinski definition) is 0. The van der Waals surface area contributed by atoms with Gasteiger partial charge in [0.2, 0.25) is 0 Å². The topological polar surface area (TPSA) is 43.6 Å². The highest BCUT2D eigenvalue weighted by molar-refractivity contribution is 7.25. The highest BCUT2D eigenvalue weighted by Gasteiger charge is 2.23. The molecular formula is C59H36N4S. The Kier molecular flexibility index (Phi) is 8.36. The van der Waals surface area contributed by atoms with Gasteiger partial charge in [-0.25, -0.2) is 15.0 Å². The summed E-state index contributed by atoms with van der Waals surface area (Å²) >= 11 is 1.80. The van der Waals surface area contributed by atoms with Gasteiger partial charge in [-0.3, -0.25) is 0 Å². The summed E-state index contributed by atoms with van der Waals surface area (Å²) in [5.41, 5.74) is 10.8. The molecular weight excluding hydrogens is 797 g/mol. The van der Waals surface area contributed by atoms with Crippen LogP contribution in [0.1, 0.15) is 0 Å². The van der Waals surface area contributed by atoms with Gasteiger partial charge in [0, 0.05) is 58.6 Å². The fourth-order valence-corrected chi connectivity index (χ4v) is 10.7. The molecule has 3 heterocycles. The van der Waals surface area contributed by atoms with Gasteiger partial charge in [-0.05, 0) is 69.2 Å². The first kappa shape index (κ1) is 36.4. The van der Waals surface area contributed by atoms with Gasteiger partial charge >= 0.3 is 0 Å². The molecule has 0 radical (unpaired) electrons. The summed E-state index contributed by atoms with van der Waals surface area (Å²) in [7, 11) is 0. The number of fused-ring (bicyclic) bond motifs is 8. The molecule has 13 rings (SSSR count). The van der Waals surface area contributed by atoms with E-state index in [-0.39, 0.29) is 0 Å². The third-order valence-electron chi connectivity index (χ3n) is 12.6. The molecule has 5 heteroatoms. The fraction of sp³-hybridized carbons (Fsp3) is 0. The lowest BCUT2D eigenvalue weighted by Crippen LogP contribution is -2.03. The van der Waals surface area contributed by atoms with Crippen molar-refractivity contribution in [3.63, 3.8) is 0 Å². The number of hydrogen-bond acceptors (Lipinski definition) is 4. The van der Waals surface area contributed by atoms with E-state index in [1.807, 2.05) is 18.2 Å². The highest BCUT2D eigenvalue weighted by Crippen LogP contribution is 2.45. The number of aromatic nitrogens is 4. The van der Waals surface area contributed by atoms with Crippen LogP contribution in [-0.2, 0) is 0 Å². The van der Waals surface area contributed by atoms with Gasteiger partial charge in [0.05, 0.1) is 16.7 Å². The van der Waals surface area contributed by atoms with Crippen molar-refractivity contribution in [2.24, 2.45) is 0 Å². The molecule has 0 aliphatic carbocycles. The summed E-state index contributed by atoms with van der Waals surface area (Å²) in [5, 5.41) is 9.53. The predicted octanol–water partition coefficient (Wildman–Crippen LogP) is 16.0. The first-order valence-corrected chi connectivity index (χ1v) is 22.4. The van der Waals surface area contributed by atoms with E-state index in [4.69, 9.17) is 15.0 Å². The van der Waals surface area contributed by atoms with Crippen LogP contribution in [0.3, 0.4) is 0 Å². The Morgan fingerprint density at radius 3 is 1.62 bits per heavy atom. The van der Waals surface area contributed by atoms with E-state index in [2.05, 4.69) is 205 Å². The third-order valence-corrected chi connectivity index (χ3v) is 13.8. The van der Waals surface area contributed by atoms with Gasteiger partial charge in [0.1, 0.15) is 0 Å². The van der Waals surface area contributed by atoms with Crippen molar-refractivity contribution in [3.8, 4) is 62.1 Å². The van der Waals surface area contributed by atoms with Gasteiger partial charge in [0.25, 0.3) is 0 Å². The predicted molar refractivity (Wildman–Crippen MR) is 269 cm³/mol. The van der Waals surface area contributed by atoms with Gasteiger partial charge in [-0.1, -0.05) is 182 Å². The second-order valence-electron chi connectivity index (χ2n) is 16.4. The van der Waals surface area contributed by atoms with Crippen molar-refractivity contribution in [3.05, 3.63) is 218 Å². The smallest absolute Gasteiger partial charge is 0.164 e. The molecule has 0 saturated heterocycles. The Morgan fingerprint density at radius 2 is 0.844 bits per heavy atom. The second-order valence-corrected chi connectivity index (χ2v) is 17.4. The molecule has 4 nitrogen and oxygen atoms in total. The molecule has 0 spiro atoms. The molecule has 0 fully saturated rings. The van der Waals surface area contributed by atoms with E-state index in [0.717, 1.165) is 55.3 Å². The molecule has 10 aromatic carbocycles. The minimum absolute atomic E-state index is 0.624. The van der Waals surface area contributed by atoms with Crippen LogP contribution in [0.15, 0.2) is 218 Å². The number of rotatable bonds is 6. The van der Waals surface area contributed by atoms with E-state index >= 15 is 0 Å². The lowest BCUT2D eigenvalue weighted by Gasteiger charge is -2.20. The largest absolute Gasteiger partial charge is 0.308 e. The van der Waals surface area contributed by atoms with Gasteiger partial charge in [-0.2, -0.15) is 0 Å². The van der Waals surface area contributed by atoms with Crippen molar-refractivity contribution in [2.45, 2.75) is 0 Å². The minimum atomic E-state index is 0.624. The summed E-state index contributed by atoms with van der Waals surface area (Å²) in [4.78, 5) is 15.9. The molecule has 3 aromatic heterocycles. The summed E-state index contributed by atoms with van der Waals surface area (Å²) < 4.78 is 4.96. The van der Waals surface area contributed by atoms with Crippen LogP contribution in [-0.4, -0.2) is 19.5 Å². The van der Waals surface area contributed by atoms with Gasteiger partial charge in [0.15, 0.2) is 17.5 Å². The zero-order valence-electron chi connectivity index (χ0n) is 34.5. The minimum Gasteiger partial charge on any atom is -0.308 e. The maximum absolute atomic E-state index is 5.40. The molecule has 0 atom stereocenters. The second kappa shape index (κ2) is 14.7. The summed E-state index contributed by atoms with van der Waals surface area (Å²) in [5.74, 6) is 1.89. The number of benzene rings is 10. The van der Waals surface area contributed by atoms with Crippen molar-refractivity contribution < 1.29 is 0 Å². The molecule has 0 aliphatic rings. The van der Waals surface area contributed by atoms with E-state index in [9.17, 15) is 0 Å². The SMILES string of the molecule is c1ccc(-c2ccc(-c3cc(-c4nc(-c5ccccc5)nc(-c5ccc6c(c5)sc5ccccc56)n4)c4ccccc4c3-n3c4ccccc4c4cc5ccccc5cc43)cc2)cc1.